The van der Waals surface area contributed by atoms with Gasteiger partial charge in [0.15, 0.2) is 0 Å². The van der Waals surface area contributed by atoms with E-state index in [1.165, 1.54) is 15.2 Å². The lowest BCUT2D eigenvalue weighted by molar-refractivity contribution is -0.0683. The van der Waals surface area contributed by atoms with Gasteiger partial charge in [0.1, 0.15) is 0 Å². The first-order valence-corrected chi connectivity index (χ1v) is 7.73. The number of ether oxygens (including phenoxy) is 1. The molecule has 2 atom stereocenters. The second-order valence-electron chi connectivity index (χ2n) is 7.09. The summed E-state index contributed by atoms with van der Waals surface area (Å²) in [5, 5.41) is 21.6. The van der Waals surface area contributed by atoms with Gasteiger partial charge in [-0.2, -0.15) is 0 Å². The van der Waals surface area contributed by atoms with Crippen LogP contribution < -0.4 is 5.56 Å². The highest BCUT2D eigenvalue weighted by Gasteiger charge is 2.59. The first kappa shape index (κ1) is 14.4. The molecule has 0 aromatic carbocycles. The Morgan fingerprint density at radius 3 is 2.17 bits per heavy atom. The molecule has 122 valence electrons. The first-order chi connectivity index (χ1) is 10.7. The molecule has 4 heterocycles. The van der Waals surface area contributed by atoms with Crippen molar-refractivity contribution < 1.29 is 14.9 Å². The number of hydrogen-bond donors (Lipinski definition) is 2. The van der Waals surface area contributed by atoms with Gasteiger partial charge in [-0.05, 0) is 39.2 Å². The van der Waals surface area contributed by atoms with Crippen molar-refractivity contribution in [2.75, 3.05) is 0 Å². The summed E-state index contributed by atoms with van der Waals surface area (Å²) in [6, 6.07) is 1.49. The normalized spacial score (nSPS) is 28.3. The number of nitrogens with zero attached hydrogens (tertiary/aromatic N) is 2. The van der Waals surface area contributed by atoms with E-state index in [0.717, 1.165) is 12.8 Å². The molecule has 23 heavy (non-hydrogen) atoms. The number of hydrogen-bond acceptors (Lipinski definition) is 4. The fourth-order valence-electron chi connectivity index (χ4n) is 4.15. The van der Waals surface area contributed by atoms with Crippen LogP contribution in [0.4, 0.5) is 0 Å². The second-order valence-corrected chi connectivity index (χ2v) is 7.09. The SMILES string of the molecule is Cc1cc(=O)n(C)cc1-n1c(O)c2c(c1O)C1(C)CCC2(C)O1. The highest BCUT2D eigenvalue weighted by molar-refractivity contribution is 5.61. The maximum atomic E-state index is 11.8. The van der Waals surface area contributed by atoms with Crippen molar-refractivity contribution >= 4 is 0 Å². The molecule has 2 aromatic heterocycles. The molecular weight excluding hydrogens is 296 g/mol. The van der Waals surface area contributed by atoms with Gasteiger partial charge in [0.2, 0.25) is 11.8 Å². The molecule has 2 aliphatic rings. The Bertz CT molecular complexity index is 871. The van der Waals surface area contributed by atoms with Crippen LogP contribution >= 0.6 is 0 Å². The van der Waals surface area contributed by atoms with Crippen LogP contribution in [0.3, 0.4) is 0 Å². The van der Waals surface area contributed by atoms with Gasteiger partial charge in [0.25, 0.3) is 5.56 Å². The molecule has 0 saturated carbocycles. The van der Waals surface area contributed by atoms with E-state index in [0.29, 0.717) is 22.4 Å². The summed E-state index contributed by atoms with van der Waals surface area (Å²) < 4.78 is 8.95. The number of rotatable bonds is 1. The lowest BCUT2D eigenvalue weighted by Crippen LogP contribution is -2.19. The van der Waals surface area contributed by atoms with Crippen LogP contribution in [0.25, 0.3) is 5.69 Å². The molecular formula is C17H20N2O4. The molecule has 1 fully saturated rings. The molecule has 0 radical (unpaired) electrons. The van der Waals surface area contributed by atoms with Crippen molar-refractivity contribution in [3.8, 4) is 17.4 Å². The van der Waals surface area contributed by atoms with Crippen molar-refractivity contribution in [2.24, 2.45) is 7.05 Å². The van der Waals surface area contributed by atoms with Gasteiger partial charge in [-0.1, -0.05) is 0 Å². The summed E-state index contributed by atoms with van der Waals surface area (Å²) in [6.45, 7) is 5.68. The predicted octanol–water partition coefficient (Wildman–Crippen LogP) is 2.15. The van der Waals surface area contributed by atoms with Crippen molar-refractivity contribution in [3.05, 3.63) is 39.3 Å². The number of aromatic nitrogens is 2. The number of aryl methyl sites for hydroxylation is 2. The predicted molar refractivity (Wildman–Crippen MR) is 84.1 cm³/mol. The van der Waals surface area contributed by atoms with Crippen molar-refractivity contribution in [1.82, 2.24) is 9.13 Å². The summed E-state index contributed by atoms with van der Waals surface area (Å²) in [6.07, 6.45) is 3.24. The van der Waals surface area contributed by atoms with Crippen molar-refractivity contribution in [1.29, 1.82) is 0 Å². The van der Waals surface area contributed by atoms with Gasteiger partial charge in [0, 0.05) is 19.3 Å². The smallest absolute Gasteiger partial charge is 0.250 e. The summed E-state index contributed by atoms with van der Waals surface area (Å²) in [5.41, 5.74) is 1.32. The summed E-state index contributed by atoms with van der Waals surface area (Å²) in [5.74, 6) is -0.0182. The van der Waals surface area contributed by atoms with E-state index in [2.05, 4.69) is 0 Å². The Hall–Kier alpha value is -2.21. The molecule has 0 aliphatic carbocycles. The van der Waals surface area contributed by atoms with Crippen LogP contribution in [-0.4, -0.2) is 19.3 Å². The topological polar surface area (TPSA) is 76.6 Å². The molecule has 2 N–H and O–H groups in total. The Labute approximate surface area is 133 Å². The fraction of sp³-hybridized carbons (Fsp3) is 0.471. The first-order valence-electron chi connectivity index (χ1n) is 7.73. The average molecular weight is 316 g/mol. The molecule has 0 spiro atoms. The van der Waals surface area contributed by atoms with Crippen LogP contribution in [-0.2, 0) is 23.0 Å². The largest absolute Gasteiger partial charge is 0.494 e. The van der Waals surface area contributed by atoms with E-state index < -0.39 is 11.2 Å². The summed E-state index contributed by atoms with van der Waals surface area (Å²) in [7, 11) is 1.64. The maximum Gasteiger partial charge on any atom is 0.250 e. The van der Waals surface area contributed by atoms with Crippen molar-refractivity contribution in [3.63, 3.8) is 0 Å². The molecule has 2 aromatic rings. The number of fused-ring (bicyclic) bond motifs is 5. The monoisotopic (exact) mass is 316 g/mol. The summed E-state index contributed by atoms with van der Waals surface area (Å²) >= 11 is 0. The van der Waals surface area contributed by atoms with E-state index >= 15 is 0 Å². The molecule has 1 saturated heterocycles. The highest BCUT2D eigenvalue weighted by atomic mass is 16.5. The average Bonchev–Trinajstić information content (AvgIpc) is 3.00. The Morgan fingerprint density at radius 1 is 1.13 bits per heavy atom. The number of pyridine rings is 1. The molecule has 0 amide bonds. The van der Waals surface area contributed by atoms with Gasteiger partial charge in [-0.25, -0.2) is 4.57 Å². The third-order valence-electron chi connectivity index (χ3n) is 5.36. The maximum absolute atomic E-state index is 11.8. The highest BCUT2D eigenvalue weighted by Crippen LogP contribution is 2.64. The third kappa shape index (κ3) is 1.59. The zero-order chi connectivity index (χ0) is 16.7. The minimum absolute atomic E-state index is 0.00910. The lowest BCUT2D eigenvalue weighted by Gasteiger charge is -2.21. The second kappa shape index (κ2) is 4.00. The Balaban J connectivity index is 2.05. The lowest BCUT2D eigenvalue weighted by atomic mass is 9.80. The van der Waals surface area contributed by atoms with Gasteiger partial charge >= 0.3 is 0 Å². The minimum atomic E-state index is -0.578. The molecule has 6 heteroatoms. The summed E-state index contributed by atoms with van der Waals surface area (Å²) in [4.78, 5) is 11.8. The van der Waals surface area contributed by atoms with Gasteiger partial charge in [-0.3, -0.25) is 4.79 Å². The fourth-order valence-corrected chi connectivity index (χ4v) is 4.15. The van der Waals surface area contributed by atoms with E-state index in [1.807, 2.05) is 13.8 Å². The molecule has 2 unspecified atom stereocenters. The van der Waals surface area contributed by atoms with Crippen LogP contribution in [0, 0.1) is 6.92 Å². The quantitative estimate of drug-likeness (QED) is 0.845. The Morgan fingerprint density at radius 2 is 1.65 bits per heavy atom. The van der Waals surface area contributed by atoms with E-state index in [1.54, 1.807) is 20.2 Å². The molecule has 6 nitrogen and oxygen atoms in total. The zero-order valence-corrected chi connectivity index (χ0v) is 13.7. The molecule has 4 rings (SSSR count). The van der Waals surface area contributed by atoms with Gasteiger partial charge in [0.05, 0.1) is 28.0 Å². The van der Waals surface area contributed by atoms with E-state index in [9.17, 15) is 15.0 Å². The van der Waals surface area contributed by atoms with Crippen molar-refractivity contribution in [2.45, 2.75) is 44.8 Å². The third-order valence-corrected chi connectivity index (χ3v) is 5.36. The van der Waals surface area contributed by atoms with Crippen LogP contribution in [0.15, 0.2) is 17.1 Å². The zero-order valence-electron chi connectivity index (χ0n) is 13.7. The minimum Gasteiger partial charge on any atom is -0.494 e. The standard InChI is InChI=1S/C17H20N2O4/c1-9-7-11(20)18(4)8-10(9)19-14(21)12-13(15(19)22)17(3)6-5-16(12,2)23-17/h7-8,21-22H,5-6H2,1-4H3. The molecule has 2 aliphatic heterocycles. The number of aromatic hydroxyl groups is 2. The van der Waals surface area contributed by atoms with Crippen LogP contribution in [0.1, 0.15) is 43.4 Å². The van der Waals surface area contributed by atoms with E-state index in [-0.39, 0.29) is 17.3 Å². The van der Waals surface area contributed by atoms with E-state index in [4.69, 9.17) is 4.74 Å². The van der Waals surface area contributed by atoms with Gasteiger partial charge < -0.3 is 19.5 Å². The Kier molecular flexibility index (Phi) is 2.50. The molecule has 2 bridgehead atoms. The van der Waals surface area contributed by atoms with Crippen LogP contribution in [0.5, 0.6) is 11.8 Å². The van der Waals surface area contributed by atoms with Gasteiger partial charge in [-0.15, -0.1) is 0 Å². The van der Waals surface area contributed by atoms with Crippen LogP contribution in [0.2, 0.25) is 0 Å².